The van der Waals surface area contributed by atoms with Crippen LogP contribution in [0.2, 0.25) is 18.1 Å². The van der Waals surface area contributed by atoms with Gasteiger partial charge in [-0.15, -0.1) is 0 Å². The van der Waals surface area contributed by atoms with Gasteiger partial charge in [0.05, 0.1) is 32.0 Å². The van der Waals surface area contributed by atoms with E-state index in [-0.39, 0.29) is 52.8 Å². The van der Waals surface area contributed by atoms with Crippen molar-refractivity contribution >= 4 is 62.8 Å². The Hall–Kier alpha value is -4.61. The summed E-state index contributed by atoms with van der Waals surface area (Å²) in [5.41, 5.74) is 0.489. The Labute approximate surface area is 346 Å². The van der Waals surface area contributed by atoms with Gasteiger partial charge < -0.3 is 43.4 Å². The lowest BCUT2D eigenvalue weighted by Gasteiger charge is -2.40. The highest BCUT2D eigenvalue weighted by Gasteiger charge is 2.53. The van der Waals surface area contributed by atoms with Crippen molar-refractivity contribution in [1.29, 1.82) is 0 Å². The molecule has 1 aromatic carbocycles. The molecule has 2 aliphatic heterocycles. The van der Waals surface area contributed by atoms with Crippen LogP contribution in [0.15, 0.2) is 54.1 Å². The fourth-order valence-electron chi connectivity index (χ4n) is 6.51. The number of H-pyrrole nitrogens is 1. The van der Waals surface area contributed by atoms with Crippen molar-refractivity contribution in [3.05, 3.63) is 65.2 Å². The quantitative estimate of drug-likeness (QED) is 0.0690. The predicted molar refractivity (Wildman–Crippen MR) is 219 cm³/mol. The van der Waals surface area contributed by atoms with Gasteiger partial charge in [0.2, 0.25) is 11.9 Å². The number of anilines is 2. The first-order chi connectivity index (χ1) is 28.4. The Balaban J connectivity index is 1.09. The second kappa shape index (κ2) is 17.4. The van der Waals surface area contributed by atoms with E-state index in [9.17, 15) is 29.5 Å². The number of fused-ring (bicyclic) bond motifs is 2. The number of benzene rings is 1. The van der Waals surface area contributed by atoms with Gasteiger partial charge in [0.15, 0.2) is 42.7 Å². The van der Waals surface area contributed by atoms with E-state index in [1.54, 1.807) is 48.7 Å². The minimum absolute atomic E-state index is 0.0424. The lowest BCUT2D eigenvalue weighted by Crippen LogP contribution is -2.50. The molecule has 6 N–H and O–H groups in total. The first-order valence-corrected chi connectivity index (χ1v) is 23.4. The third-order valence-electron chi connectivity index (χ3n) is 10.9. The highest BCUT2D eigenvalue weighted by atomic mass is 31.2. The van der Waals surface area contributed by atoms with E-state index < -0.39 is 78.0 Å². The molecule has 6 heterocycles. The maximum atomic E-state index is 13.1. The van der Waals surface area contributed by atoms with Crippen molar-refractivity contribution in [1.82, 2.24) is 39.0 Å². The van der Waals surface area contributed by atoms with E-state index in [2.05, 4.69) is 40.5 Å². The molecule has 0 spiro atoms. The van der Waals surface area contributed by atoms with Crippen molar-refractivity contribution in [2.24, 2.45) is 5.92 Å². The number of aromatic nitrogens is 8. The number of nitrogens with zero attached hydrogens (tertiary/aromatic N) is 7. The van der Waals surface area contributed by atoms with Gasteiger partial charge in [0.1, 0.15) is 37.0 Å². The Morgan fingerprint density at radius 3 is 2.42 bits per heavy atom. The Bertz CT molecular complexity index is 2390. The summed E-state index contributed by atoms with van der Waals surface area (Å²) in [6, 6.07) is 8.66. The minimum Gasteiger partial charge on any atom is -0.408 e. The average Bonchev–Trinajstić information content (AvgIpc) is 3.98. The molecule has 5 aromatic rings. The van der Waals surface area contributed by atoms with Crippen molar-refractivity contribution in [2.75, 3.05) is 23.8 Å². The summed E-state index contributed by atoms with van der Waals surface area (Å²) in [4.78, 5) is 73.9. The van der Waals surface area contributed by atoms with E-state index in [4.69, 9.17) is 22.9 Å². The van der Waals surface area contributed by atoms with Gasteiger partial charge >= 0.3 is 8.60 Å². The first kappa shape index (κ1) is 43.5. The van der Waals surface area contributed by atoms with E-state index in [1.807, 2.05) is 33.9 Å². The summed E-state index contributed by atoms with van der Waals surface area (Å²) in [5, 5.41) is 26.7. The van der Waals surface area contributed by atoms with E-state index in [1.165, 1.54) is 23.5 Å². The van der Waals surface area contributed by atoms with Gasteiger partial charge in [-0.3, -0.25) is 33.8 Å². The molecule has 0 aliphatic carbocycles. The van der Waals surface area contributed by atoms with Crippen molar-refractivity contribution in [3.63, 3.8) is 0 Å². The number of aliphatic hydroxyl groups excluding tert-OH is 2. The van der Waals surface area contributed by atoms with Crippen LogP contribution in [0.25, 0.3) is 22.3 Å². The van der Waals surface area contributed by atoms with Gasteiger partial charge in [-0.25, -0.2) is 19.9 Å². The van der Waals surface area contributed by atoms with Crippen LogP contribution in [0.1, 0.15) is 63.9 Å². The molecule has 21 nitrogen and oxygen atoms in total. The molecule has 2 saturated heterocycles. The normalized spacial score (nSPS) is 24.1. The highest BCUT2D eigenvalue weighted by Crippen LogP contribution is 2.47. The second-order valence-corrected chi connectivity index (χ2v) is 22.1. The number of carbonyl (C=O) groups is 2. The molecule has 2 amide bonds. The lowest BCUT2D eigenvalue weighted by atomic mass is 10.1. The maximum absolute atomic E-state index is 13.1. The van der Waals surface area contributed by atoms with Gasteiger partial charge in [-0.1, -0.05) is 52.8 Å². The van der Waals surface area contributed by atoms with Crippen LogP contribution < -0.4 is 16.2 Å². The predicted octanol–water partition coefficient (Wildman–Crippen LogP) is 3.36. The van der Waals surface area contributed by atoms with Crippen LogP contribution in [0, 0.1) is 5.92 Å². The molecule has 4 aromatic heterocycles. The van der Waals surface area contributed by atoms with Gasteiger partial charge in [0, 0.05) is 17.9 Å². The van der Waals surface area contributed by atoms with Crippen molar-refractivity contribution in [3.8, 4) is 0 Å². The molecular formula is C37H49N10O11PSi. The van der Waals surface area contributed by atoms with Gasteiger partial charge in [-0.05, 0) is 30.3 Å². The number of carbonyl (C=O) groups excluding carboxylic acids is 2. The summed E-state index contributed by atoms with van der Waals surface area (Å²) in [6.45, 7) is 12.8. The molecule has 1 unspecified atom stereocenters. The number of nitrogens with one attached hydrogen (secondary N) is 3. The second-order valence-electron chi connectivity index (χ2n) is 16.4. The Morgan fingerprint density at radius 1 is 1.00 bits per heavy atom. The number of imidazole rings is 2. The highest BCUT2D eigenvalue weighted by molar-refractivity contribution is 7.40. The van der Waals surface area contributed by atoms with Crippen LogP contribution >= 0.6 is 8.60 Å². The van der Waals surface area contributed by atoms with E-state index in [0.29, 0.717) is 16.7 Å². The number of aliphatic hydroxyl groups is 2. The van der Waals surface area contributed by atoms with E-state index >= 15 is 0 Å². The summed E-state index contributed by atoms with van der Waals surface area (Å²) >= 11 is 0. The zero-order chi connectivity index (χ0) is 43.1. The van der Waals surface area contributed by atoms with Gasteiger partial charge in [0.25, 0.3) is 11.5 Å². The molecule has 2 fully saturated rings. The summed E-state index contributed by atoms with van der Waals surface area (Å²) in [6.07, 6.45) is -2.65. The topological polar surface area (TPSA) is 272 Å². The summed E-state index contributed by atoms with van der Waals surface area (Å²) in [5.74, 6) is -1.05. The van der Waals surface area contributed by atoms with Crippen LogP contribution in [0.4, 0.5) is 11.8 Å². The standard InChI is InChI=1S/C37H49N10O11PSi/c1-19(2)32(50)44-36-43-31-26(34(52)45-36)41-18-47(31)35-28(27(22(14-48)56-35)58-60(6,7)37(3,4)5)57-59(53)54-15-23-21(49)13-24(55-23)46-17-40-25-29(38-16-39-30(25)46)42-33(51)20-11-9-8-10-12-20/h8-12,16-19,21-24,27-28,35,48-49,53H,13-15H2,1-7H3,(H,38,39,42,51)(H2,43,44,45,50,52)/t21-,22+,23+,24+,27+,28+,35+,59?/m0/s1. The molecule has 322 valence electrons. The van der Waals surface area contributed by atoms with Crippen LogP contribution in [-0.4, -0.2) is 118 Å². The Morgan fingerprint density at radius 2 is 1.72 bits per heavy atom. The van der Waals surface area contributed by atoms with Gasteiger partial charge in [-0.2, -0.15) is 4.98 Å². The van der Waals surface area contributed by atoms with Crippen LogP contribution in [0.3, 0.4) is 0 Å². The maximum Gasteiger partial charge on any atom is 0.330 e. The smallest absolute Gasteiger partial charge is 0.330 e. The zero-order valence-electron chi connectivity index (χ0n) is 34.0. The zero-order valence-corrected chi connectivity index (χ0v) is 35.9. The number of amides is 2. The Kier molecular flexibility index (Phi) is 12.6. The van der Waals surface area contributed by atoms with Crippen LogP contribution in [0.5, 0.6) is 0 Å². The summed E-state index contributed by atoms with van der Waals surface area (Å²) in [7, 11) is -5.31. The average molecular weight is 869 g/mol. The number of ether oxygens (including phenoxy) is 2. The lowest BCUT2D eigenvalue weighted by molar-refractivity contribution is -0.118. The number of hydrogen-bond donors (Lipinski definition) is 6. The van der Waals surface area contributed by atoms with E-state index in [0.717, 1.165) is 0 Å². The third kappa shape index (κ3) is 8.89. The number of rotatable bonds is 14. The minimum atomic E-state index is -2.72. The largest absolute Gasteiger partial charge is 0.408 e. The monoisotopic (exact) mass is 868 g/mol. The molecule has 0 saturated carbocycles. The van der Waals surface area contributed by atoms with Crippen molar-refractivity contribution in [2.45, 2.75) is 102 Å². The molecule has 23 heteroatoms. The first-order valence-electron chi connectivity index (χ1n) is 19.3. The molecule has 7 rings (SSSR count). The van der Waals surface area contributed by atoms with Crippen LogP contribution in [-0.2, 0) is 27.7 Å². The number of hydrogen-bond acceptors (Lipinski definition) is 16. The van der Waals surface area contributed by atoms with Crippen molar-refractivity contribution < 1.29 is 47.6 Å². The summed E-state index contributed by atoms with van der Waals surface area (Å²) < 4.78 is 34.3. The molecule has 8 atom stereocenters. The molecule has 0 radical (unpaired) electrons. The molecule has 2 aliphatic rings. The fourth-order valence-corrected chi connectivity index (χ4v) is 8.60. The fraction of sp³-hybridized carbons (Fsp3) is 0.514. The molecular weight excluding hydrogens is 820 g/mol. The molecule has 0 bridgehead atoms. The molecule has 60 heavy (non-hydrogen) atoms. The number of aromatic amines is 1. The third-order valence-corrected chi connectivity index (χ3v) is 16.1. The SMILES string of the molecule is CC(C)C(=O)Nc1nc2c(ncn2[C@@H]2O[C@H](CO)[C@@H](O[Si](C)(C)C(C)(C)C)[C@H]2OP(O)OC[C@H]2O[C@@H](n3cnc4c(NC(=O)c5ccccc5)ncnc43)C[C@@H]2O)c(=O)[nH]1.